The molecule has 5 nitrogen and oxygen atoms in total. The summed E-state index contributed by atoms with van der Waals surface area (Å²) in [5.74, 6) is 0. The van der Waals surface area contributed by atoms with Crippen LogP contribution in [0.4, 0.5) is 0 Å². The summed E-state index contributed by atoms with van der Waals surface area (Å²) in [4.78, 5) is 13.3. The molecule has 0 fully saturated rings. The van der Waals surface area contributed by atoms with Gasteiger partial charge in [0, 0.05) is 18.3 Å². The Labute approximate surface area is 111 Å². The second-order valence-corrected chi connectivity index (χ2v) is 5.86. The first-order valence-corrected chi connectivity index (χ1v) is 7.23. The Kier molecular flexibility index (Phi) is 3.82. The highest BCUT2D eigenvalue weighted by atomic mass is 32.2. The molecule has 0 bridgehead atoms. The second-order valence-electron chi connectivity index (χ2n) is 4.14. The average molecular weight is 278 g/mol. The predicted molar refractivity (Wildman–Crippen MR) is 72.2 cm³/mol. The lowest BCUT2D eigenvalue weighted by Crippen LogP contribution is -2.27. The predicted octanol–water partition coefficient (Wildman–Crippen LogP) is 1.41. The second kappa shape index (κ2) is 5.38. The maximum absolute atomic E-state index is 12.1. The van der Waals surface area contributed by atoms with E-state index in [4.69, 9.17) is 0 Å². The fourth-order valence-electron chi connectivity index (χ4n) is 1.67. The lowest BCUT2D eigenvalue weighted by molar-refractivity contribution is 0.566. The van der Waals surface area contributed by atoms with Crippen molar-refractivity contribution in [2.75, 3.05) is 0 Å². The van der Waals surface area contributed by atoms with Crippen molar-refractivity contribution in [3.05, 3.63) is 64.6 Å². The molecular formula is C13H14N2O3S. The number of hydrogen-bond acceptors (Lipinski definition) is 3. The van der Waals surface area contributed by atoms with Crippen molar-refractivity contribution in [2.24, 2.45) is 0 Å². The first-order chi connectivity index (χ1) is 8.99. The van der Waals surface area contributed by atoms with Crippen LogP contribution >= 0.6 is 0 Å². The molecule has 0 spiro atoms. The van der Waals surface area contributed by atoms with E-state index in [-0.39, 0.29) is 16.5 Å². The topological polar surface area (TPSA) is 79.0 Å². The Bertz CT molecular complexity index is 688. The summed E-state index contributed by atoms with van der Waals surface area (Å²) in [5, 5.41) is 0. The van der Waals surface area contributed by atoms with Crippen LogP contribution < -0.4 is 10.3 Å². The van der Waals surface area contributed by atoms with Gasteiger partial charge >= 0.3 is 0 Å². The third-order valence-electron chi connectivity index (χ3n) is 2.70. The molecule has 2 N–H and O–H groups in total. The zero-order chi connectivity index (χ0) is 13.9. The largest absolute Gasteiger partial charge is 0.328 e. The van der Waals surface area contributed by atoms with Crippen molar-refractivity contribution in [3.8, 4) is 0 Å². The van der Waals surface area contributed by atoms with Gasteiger partial charge in [-0.15, -0.1) is 0 Å². The van der Waals surface area contributed by atoms with Crippen LogP contribution in [0.1, 0.15) is 18.5 Å². The normalized spacial score (nSPS) is 13.1. The standard InChI is InChI=1S/C13H14N2O3S/c1-10(11-5-3-2-4-6-11)15-19(17,18)12-7-8-13(16)14-9-12/h2-10,15H,1H3,(H,14,16)/t10-/m0/s1. The molecule has 0 saturated carbocycles. The molecule has 1 atom stereocenters. The van der Waals surface area contributed by atoms with Crippen molar-refractivity contribution in [3.63, 3.8) is 0 Å². The van der Waals surface area contributed by atoms with Gasteiger partial charge in [0.05, 0.1) is 4.90 Å². The summed E-state index contributed by atoms with van der Waals surface area (Å²) >= 11 is 0. The monoisotopic (exact) mass is 278 g/mol. The van der Waals surface area contributed by atoms with E-state index in [0.29, 0.717) is 0 Å². The van der Waals surface area contributed by atoms with E-state index >= 15 is 0 Å². The minimum absolute atomic E-state index is 0.0369. The fourth-order valence-corrected chi connectivity index (χ4v) is 2.87. The van der Waals surface area contributed by atoms with Crippen molar-refractivity contribution in [2.45, 2.75) is 17.9 Å². The highest BCUT2D eigenvalue weighted by Gasteiger charge is 2.18. The summed E-state index contributed by atoms with van der Waals surface area (Å²) in [5.41, 5.74) is 0.533. The first kappa shape index (κ1) is 13.5. The molecule has 0 saturated heterocycles. The van der Waals surface area contributed by atoms with Gasteiger partial charge in [-0.25, -0.2) is 13.1 Å². The number of aromatic nitrogens is 1. The molecule has 0 aliphatic heterocycles. The Hall–Kier alpha value is -1.92. The van der Waals surface area contributed by atoms with Crippen LogP contribution in [0.2, 0.25) is 0 Å². The Morgan fingerprint density at radius 2 is 1.79 bits per heavy atom. The molecule has 1 aromatic carbocycles. The van der Waals surface area contributed by atoms with Crippen molar-refractivity contribution in [1.29, 1.82) is 0 Å². The molecule has 0 aliphatic carbocycles. The first-order valence-electron chi connectivity index (χ1n) is 5.75. The number of H-pyrrole nitrogens is 1. The van der Waals surface area contributed by atoms with Gasteiger partial charge in [-0.1, -0.05) is 30.3 Å². The van der Waals surface area contributed by atoms with Gasteiger partial charge in [0.2, 0.25) is 15.6 Å². The lowest BCUT2D eigenvalue weighted by atomic mass is 10.1. The minimum Gasteiger partial charge on any atom is -0.328 e. The number of sulfonamides is 1. The van der Waals surface area contributed by atoms with E-state index in [2.05, 4.69) is 9.71 Å². The zero-order valence-corrected chi connectivity index (χ0v) is 11.1. The summed E-state index contributed by atoms with van der Waals surface area (Å²) in [6.07, 6.45) is 1.18. The molecule has 19 heavy (non-hydrogen) atoms. The molecule has 6 heteroatoms. The molecular weight excluding hydrogens is 264 g/mol. The van der Waals surface area contributed by atoms with Crippen molar-refractivity contribution < 1.29 is 8.42 Å². The summed E-state index contributed by atoms with van der Waals surface area (Å²) < 4.78 is 26.7. The smallest absolute Gasteiger partial charge is 0.247 e. The van der Waals surface area contributed by atoms with Crippen molar-refractivity contribution >= 4 is 10.0 Å². The summed E-state index contributed by atoms with van der Waals surface area (Å²) in [7, 11) is -3.64. The number of hydrogen-bond donors (Lipinski definition) is 2. The SMILES string of the molecule is C[C@H](NS(=O)(=O)c1ccc(=O)[nH]c1)c1ccccc1. The number of rotatable bonds is 4. The van der Waals surface area contributed by atoms with E-state index in [1.807, 2.05) is 30.3 Å². The van der Waals surface area contributed by atoms with E-state index in [9.17, 15) is 13.2 Å². The van der Waals surface area contributed by atoms with Crippen LogP contribution in [-0.4, -0.2) is 13.4 Å². The zero-order valence-electron chi connectivity index (χ0n) is 10.3. The Morgan fingerprint density at radius 1 is 1.11 bits per heavy atom. The molecule has 2 rings (SSSR count). The fraction of sp³-hybridized carbons (Fsp3) is 0.154. The highest BCUT2D eigenvalue weighted by Crippen LogP contribution is 2.15. The Morgan fingerprint density at radius 3 is 2.37 bits per heavy atom. The van der Waals surface area contributed by atoms with E-state index in [1.54, 1.807) is 6.92 Å². The molecule has 100 valence electrons. The lowest BCUT2D eigenvalue weighted by Gasteiger charge is -2.14. The van der Waals surface area contributed by atoms with Gasteiger partial charge in [0.1, 0.15) is 0 Å². The summed E-state index contributed by atoms with van der Waals surface area (Å²) in [6.45, 7) is 1.76. The minimum atomic E-state index is -3.64. The maximum atomic E-state index is 12.1. The maximum Gasteiger partial charge on any atom is 0.247 e. The molecule has 0 aliphatic rings. The van der Waals surface area contributed by atoms with Crippen LogP contribution in [0.5, 0.6) is 0 Å². The van der Waals surface area contributed by atoms with Gasteiger partial charge in [0.25, 0.3) is 0 Å². The molecule has 0 amide bonds. The quantitative estimate of drug-likeness (QED) is 0.887. The molecule has 2 aromatic rings. The highest BCUT2D eigenvalue weighted by molar-refractivity contribution is 7.89. The average Bonchev–Trinajstić information content (AvgIpc) is 2.40. The van der Waals surface area contributed by atoms with Crippen LogP contribution in [0.15, 0.2) is 58.4 Å². The van der Waals surface area contributed by atoms with Crippen LogP contribution in [0, 0.1) is 0 Å². The summed E-state index contributed by atoms with van der Waals surface area (Å²) in [6, 6.07) is 11.4. The number of nitrogens with one attached hydrogen (secondary N) is 2. The molecule has 0 radical (unpaired) electrons. The number of benzene rings is 1. The van der Waals surface area contributed by atoms with Crippen molar-refractivity contribution in [1.82, 2.24) is 9.71 Å². The van der Waals surface area contributed by atoms with E-state index in [1.165, 1.54) is 18.3 Å². The van der Waals surface area contributed by atoms with Gasteiger partial charge in [-0.3, -0.25) is 4.79 Å². The third kappa shape index (κ3) is 3.30. The van der Waals surface area contributed by atoms with Gasteiger partial charge < -0.3 is 4.98 Å². The molecule has 0 unspecified atom stereocenters. The van der Waals surface area contributed by atoms with Crippen LogP contribution in [-0.2, 0) is 10.0 Å². The number of aromatic amines is 1. The number of pyridine rings is 1. The van der Waals surface area contributed by atoms with Gasteiger partial charge in [-0.2, -0.15) is 0 Å². The van der Waals surface area contributed by atoms with E-state index in [0.717, 1.165) is 5.56 Å². The Balaban J connectivity index is 2.22. The van der Waals surface area contributed by atoms with Gasteiger partial charge in [-0.05, 0) is 18.6 Å². The third-order valence-corrected chi connectivity index (χ3v) is 4.24. The van der Waals surface area contributed by atoms with Crippen LogP contribution in [0.25, 0.3) is 0 Å². The van der Waals surface area contributed by atoms with Crippen LogP contribution in [0.3, 0.4) is 0 Å². The molecule has 1 heterocycles. The van der Waals surface area contributed by atoms with Gasteiger partial charge in [0.15, 0.2) is 0 Å². The molecule has 1 aromatic heterocycles. The van der Waals surface area contributed by atoms with E-state index < -0.39 is 10.0 Å².